The van der Waals surface area contributed by atoms with Crippen LogP contribution in [0.25, 0.3) is 0 Å². The maximum atomic E-state index is 12.4. The Kier molecular flexibility index (Phi) is 7.97. The van der Waals surface area contributed by atoms with Crippen molar-refractivity contribution in [2.24, 2.45) is 5.10 Å². The molecule has 1 amide bonds. The lowest BCUT2D eigenvalue weighted by Crippen LogP contribution is -2.18. The van der Waals surface area contributed by atoms with E-state index in [-0.39, 0.29) is 4.90 Å². The fraction of sp³-hybridized carbons (Fsp3) is 0. The first-order chi connectivity index (χ1) is 17.8. The van der Waals surface area contributed by atoms with Gasteiger partial charge in [0.1, 0.15) is 5.75 Å². The zero-order valence-electron chi connectivity index (χ0n) is 19.2. The number of hydrogen-bond acceptors (Lipinski definition) is 6. The summed E-state index contributed by atoms with van der Waals surface area (Å²) in [5.41, 5.74) is 4.02. The summed E-state index contributed by atoms with van der Waals surface area (Å²) in [6.45, 7) is 0. The molecule has 0 aliphatic rings. The zero-order chi connectivity index (χ0) is 26.3. The molecule has 4 aromatic rings. The predicted molar refractivity (Wildman–Crippen MR) is 142 cm³/mol. The van der Waals surface area contributed by atoms with Gasteiger partial charge in [-0.25, -0.2) is 18.6 Å². The summed E-state index contributed by atoms with van der Waals surface area (Å²) in [5, 5.41) is 4.37. The Labute approximate surface area is 218 Å². The standard InChI is InChI=1S/C27H20ClN3O5S/c28-22-6-4-5-21(17-22)27(33)36-24-15-9-19(10-16-24)18-29-30-26(32)20-11-13-23(14-12-20)31-37(34,35)25-7-2-1-3-8-25/h1-18,31H,(H,30,32)/b29-18-. The molecule has 37 heavy (non-hydrogen) atoms. The Hall–Kier alpha value is -4.47. The minimum atomic E-state index is -3.72. The third-order valence-corrected chi connectivity index (χ3v) is 6.62. The van der Waals surface area contributed by atoms with E-state index in [2.05, 4.69) is 15.2 Å². The molecule has 0 bridgehead atoms. The lowest BCUT2D eigenvalue weighted by molar-refractivity contribution is 0.0734. The van der Waals surface area contributed by atoms with Gasteiger partial charge in [0, 0.05) is 16.3 Å². The average Bonchev–Trinajstić information content (AvgIpc) is 2.90. The van der Waals surface area contributed by atoms with Crippen LogP contribution in [0.3, 0.4) is 0 Å². The van der Waals surface area contributed by atoms with E-state index in [9.17, 15) is 18.0 Å². The molecule has 0 fully saturated rings. The summed E-state index contributed by atoms with van der Waals surface area (Å²) in [5.74, 6) is -0.662. The van der Waals surface area contributed by atoms with Gasteiger partial charge in [0.15, 0.2) is 0 Å². The minimum Gasteiger partial charge on any atom is -0.423 e. The minimum absolute atomic E-state index is 0.137. The molecule has 0 atom stereocenters. The van der Waals surface area contributed by atoms with E-state index in [1.807, 2.05) is 0 Å². The summed E-state index contributed by atoms with van der Waals surface area (Å²) >= 11 is 5.90. The lowest BCUT2D eigenvalue weighted by Gasteiger charge is -2.08. The molecule has 8 nitrogen and oxygen atoms in total. The van der Waals surface area contributed by atoms with Gasteiger partial charge < -0.3 is 4.74 Å². The van der Waals surface area contributed by atoms with Crippen molar-refractivity contribution >= 4 is 45.4 Å². The maximum Gasteiger partial charge on any atom is 0.343 e. The van der Waals surface area contributed by atoms with Gasteiger partial charge in [-0.3, -0.25) is 9.52 Å². The van der Waals surface area contributed by atoms with Crippen LogP contribution in [0, 0.1) is 0 Å². The number of amides is 1. The highest BCUT2D eigenvalue weighted by atomic mass is 35.5. The van der Waals surface area contributed by atoms with Crippen LogP contribution in [-0.4, -0.2) is 26.5 Å². The molecule has 0 aliphatic heterocycles. The van der Waals surface area contributed by atoms with Gasteiger partial charge >= 0.3 is 5.97 Å². The van der Waals surface area contributed by atoms with E-state index in [1.54, 1.807) is 60.7 Å². The Balaban J connectivity index is 1.30. The molecule has 0 saturated carbocycles. The van der Waals surface area contributed by atoms with E-state index < -0.39 is 21.9 Å². The Morgan fingerprint density at radius 1 is 0.811 bits per heavy atom. The van der Waals surface area contributed by atoms with Crippen LogP contribution in [0.1, 0.15) is 26.3 Å². The number of carbonyl (C=O) groups excluding carboxylic acids is 2. The van der Waals surface area contributed by atoms with Crippen molar-refractivity contribution in [1.82, 2.24) is 5.43 Å². The summed E-state index contributed by atoms with van der Waals surface area (Å²) in [4.78, 5) is 24.7. The van der Waals surface area contributed by atoms with Gasteiger partial charge in [-0.15, -0.1) is 0 Å². The van der Waals surface area contributed by atoms with E-state index in [0.29, 0.717) is 33.1 Å². The Bertz CT molecular complexity index is 1540. The second-order valence-electron chi connectivity index (χ2n) is 7.66. The van der Waals surface area contributed by atoms with Crippen LogP contribution in [-0.2, 0) is 10.0 Å². The van der Waals surface area contributed by atoms with E-state index in [1.165, 1.54) is 48.7 Å². The number of halogens is 1. The number of hydrazone groups is 1. The molecule has 2 N–H and O–H groups in total. The first-order valence-electron chi connectivity index (χ1n) is 10.9. The van der Waals surface area contributed by atoms with Crippen molar-refractivity contribution in [2.75, 3.05) is 4.72 Å². The van der Waals surface area contributed by atoms with Gasteiger partial charge in [0.05, 0.1) is 16.7 Å². The highest BCUT2D eigenvalue weighted by Gasteiger charge is 2.14. The van der Waals surface area contributed by atoms with E-state index in [0.717, 1.165) is 0 Å². The highest BCUT2D eigenvalue weighted by molar-refractivity contribution is 7.92. The number of rotatable bonds is 8. The Morgan fingerprint density at radius 2 is 1.51 bits per heavy atom. The third-order valence-electron chi connectivity index (χ3n) is 4.98. The summed E-state index contributed by atoms with van der Waals surface area (Å²) in [6, 6.07) is 26.9. The molecule has 4 rings (SSSR count). The smallest absolute Gasteiger partial charge is 0.343 e. The van der Waals surface area contributed by atoms with Crippen LogP contribution >= 0.6 is 11.6 Å². The van der Waals surface area contributed by atoms with Crippen molar-refractivity contribution in [1.29, 1.82) is 0 Å². The maximum absolute atomic E-state index is 12.4. The summed E-state index contributed by atoms with van der Waals surface area (Å²) in [7, 11) is -3.72. The van der Waals surface area contributed by atoms with Gasteiger partial charge in [-0.2, -0.15) is 5.10 Å². The SMILES string of the molecule is O=C(N/N=C\c1ccc(OC(=O)c2cccc(Cl)c2)cc1)c1ccc(NS(=O)(=O)c2ccccc2)cc1. The third kappa shape index (κ3) is 7.03. The van der Waals surface area contributed by atoms with Crippen molar-refractivity contribution < 1.29 is 22.7 Å². The number of nitrogens with one attached hydrogen (secondary N) is 2. The van der Waals surface area contributed by atoms with Crippen LogP contribution in [0.15, 0.2) is 113 Å². The first-order valence-corrected chi connectivity index (χ1v) is 12.8. The number of nitrogens with zero attached hydrogens (tertiary/aromatic N) is 1. The number of hydrogen-bond donors (Lipinski definition) is 2. The molecule has 0 aromatic heterocycles. The number of carbonyl (C=O) groups is 2. The van der Waals surface area contributed by atoms with Gasteiger partial charge in [-0.05, 0) is 84.4 Å². The fourth-order valence-corrected chi connectivity index (χ4v) is 4.41. The molecule has 186 valence electrons. The van der Waals surface area contributed by atoms with Crippen LogP contribution in [0.5, 0.6) is 5.75 Å². The van der Waals surface area contributed by atoms with Gasteiger partial charge in [-0.1, -0.05) is 35.9 Å². The van der Waals surface area contributed by atoms with Crippen molar-refractivity contribution in [3.8, 4) is 5.75 Å². The average molecular weight is 534 g/mol. The van der Waals surface area contributed by atoms with E-state index in [4.69, 9.17) is 16.3 Å². The summed E-state index contributed by atoms with van der Waals surface area (Å²) < 4.78 is 32.6. The molecule has 0 unspecified atom stereocenters. The molecule has 10 heteroatoms. The highest BCUT2D eigenvalue weighted by Crippen LogP contribution is 2.17. The summed E-state index contributed by atoms with van der Waals surface area (Å²) in [6.07, 6.45) is 1.43. The normalized spacial score (nSPS) is 11.2. The molecule has 0 spiro atoms. The molecule has 0 heterocycles. The Morgan fingerprint density at radius 3 is 2.19 bits per heavy atom. The molecule has 0 aliphatic carbocycles. The first kappa shape index (κ1) is 25.6. The van der Waals surface area contributed by atoms with E-state index >= 15 is 0 Å². The monoisotopic (exact) mass is 533 g/mol. The van der Waals surface area contributed by atoms with Crippen molar-refractivity contribution in [3.63, 3.8) is 0 Å². The van der Waals surface area contributed by atoms with Gasteiger partial charge in [0.2, 0.25) is 0 Å². The molecule has 0 saturated heterocycles. The second kappa shape index (κ2) is 11.5. The molecule has 0 radical (unpaired) electrons. The molecular formula is C27H20ClN3O5S. The van der Waals surface area contributed by atoms with Gasteiger partial charge in [0.25, 0.3) is 15.9 Å². The van der Waals surface area contributed by atoms with Crippen LogP contribution < -0.4 is 14.9 Å². The number of benzene rings is 4. The van der Waals surface area contributed by atoms with Crippen LogP contribution in [0.2, 0.25) is 5.02 Å². The lowest BCUT2D eigenvalue weighted by atomic mass is 10.2. The largest absolute Gasteiger partial charge is 0.423 e. The molecule has 4 aromatic carbocycles. The second-order valence-corrected chi connectivity index (χ2v) is 9.78. The zero-order valence-corrected chi connectivity index (χ0v) is 20.7. The number of sulfonamides is 1. The quantitative estimate of drug-likeness (QED) is 0.141. The molecular weight excluding hydrogens is 514 g/mol. The topological polar surface area (TPSA) is 114 Å². The van der Waals surface area contributed by atoms with Crippen LogP contribution in [0.4, 0.5) is 5.69 Å². The van der Waals surface area contributed by atoms with Crippen molar-refractivity contribution in [2.45, 2.75) is 4.90 Å². The van der Waals surface area contributed by atoms with Crippen molar-refractivity contribution in [3.05, 3.63) is 125 Å². The fourth-order valence-electron chi connectivity index (χ4n) is 3.14. The number of esters is 1. The number of anilines is 1. The number of ether oxygens (including phenoxy) is 1. The predicted octanol–water partition coefficient (Wildman–Crippen LogP) is 5.12.